The smallest absolute Gasteiger partial charge is 0.320 e. The topological polar surface area (TPSA) is 126 Å². The van der Waals surface area contributed by atoms with E-state index in [9.17, 15) is 13.2 Å². The molecule has 0 atom stereocenters. The van der Waals surface area contributed by atoms with Gasteiger partial charge in [-0.3, -0.25) is 10.3 Å². The van der Waals surface area contributed by atoms with Crippen molar-refractivity contribution in [2.24, 2.45) is 0 Å². The number of hydrogen-bond acceptors (Lipinski definition) is 6. The molecule has 0 spiro atoms. The van der Waals surface area contributed by atoms with E-state index in [4.69, 9.17) is 0 Å². The average Bonchev–Trinajstić information content (AvgIpc) is 2.70. The summed E-state index contributed by atoms with van der Waals surface area (Å²) in [6, 6.07) is 12.7. The van der Waals surface area contributed by atoms with Gasteiger partial charge in [0.15, 0.2) is 5.65 Å². The summed E-state index contributed by atoms with van der Waals surface area (Å²) < 4.78 is 24.3. The molecule has 2 aromatic heterocycles. The molecule has 2 heterocycles. The lowest BCUT2D eigenvalue weighted by molar-refractivity contribution is 0.252. The number of nitrogens with one attached hydrogen (secondary N) is 3. The monoisotopic (exact) mass is 414 g/mol. The van der Waals surface area contributed by atoms with Gasteiger partial charge in [0.25, 0.3) is 0 Å². The molecule has 9 nitrogen and oxygen atoms in total. The van der Waals surface area contributed by atoms with Crippen LogP contribution in [-0.2, 0) is 10.0 Å². The number of rotatable bonds is 8. The normalized spacial score (nSPS) is 11.3. The first-order valence-electron chi connectivity index (χ1n) is 9.09. The van der Waals surface area contributed by atoms with Gasteiger partial charge in [-0.1, -0.05) is 30.3 Å². The standard InChI is InChI=1S/C19H22N6O3S/c1-29(27,28)22-12-6-5-11-20-19(26)25-17-10-9-15-18(24-17)23-16(13-21-15)14-7-3-2-4-8-14/h2-4,7-10,13,22H,5-6,11-12H2,1H3,(H2,20,23,24,25,26). The van der Waals surface area contributed by atoms with E-state index in [1.807, 2.05) is 30.3 Å². The summed E-state index contributed by atoms with van der Waals surface area (Å²) in [6.45, 7) is 0.763. The zero-order valence-electron chi connectivity index (χ0n) is 15.9. The van der Waals surface area contributed by atoms with Crippen molar-refractivity contribution < 1.29 is 13.2 Å². The van der Waals surface area contributed by atoms with E-state index in [1.165, 1.54) is 0 Å². The van der Waals surface area contributed by atoms with Crippen LogP contribution < -0.4 is 15.4 Å². The Morgan fingerprint density at radius 3 is 2.52 bits per heavy atom. The van der Waals surface area contributed by atoms with Crippen molar-refractivity contribution in [3.05, 3.63) is 48.7 Å². The summed E-state index contributed by atoms with van der Waals surface area (Å²) >= 11 is 0. The summed E-state index contributed by atoms with van der Waals surface area (Å²) in [7, 11) is -3.18. The van der Waals surface area contributed by atoms with E-state index >= 15 is 0 Å². The minimum Gasteiger partial charge on any atom is -0.338 e. The van der Waals surface area contributed by atoms with Gasteiger partial charge in [-0.2, -0.15) is 0 Å². The molecule has 0 aliphatic heterocycles. The molecule has 29 heavy (non-hydrogen) atoms. The first kappa shape index (κ1) is 20.6. The molecule has 152 valence electrons. The maximum absolute atomic E-state index is 12.0. The molecule has 0 aliphatic rings. The first-order chi connectivity index (χ1) is 13.9. The number of amides is 2. The largest absolute Gasteiger partial charge is 0.338 e. The maximum atomic E-state index is 12.0. The van der Waals surface area contributed by atoms with Crippen LogP contribution in [0, 0.1) is 0 Å². The van der Waals surface area contributed by atoms with Crippen molar-refractivity contribution in [1.29, 1.82) is 0 Å². The third-order valence-electron chi connectivity index (χ3n) is 3.97. The van der Waals surface area contributed by atoms with Crippen LogP contribution in [0.25, 0.3) is 22.4 Å². The Hall–Kier alpha value is -3.11. The van der Waals surface area contributed by atoms with Crippen molar-refractivity contribution in [3.63, 3.8) is 0 Å². The summed E-state index contributed by atoms with van der Waals surface area (Å²) in [5.41, 5.74) is 2.71. The third kappa shape index (κ3) is 6.47. The maximum Gasteiger partial charge on any atom is 0.320 e. The zero-order chi connectivity index (χ0) is 20.7. The number of fused-ring (bicyclic) bond motifs is 1. The number of anilines is 1. The molecule has 10 heteroatoms. The van der Waals surface area contributed by atoms with Crippen molar-refractivity contribution in [3.8, 4) is 11.3 Å². The highest BCUT2D eigenvalue weighted by molar-refractivity contribution is 7.88. The Morgan fingerprint density at radius 1 is 1.00 bits per heavy atom. The summed E-state index contributed by atoms with van der Waals surface area (Å²) in [4.78, 5) is 25.3. The molecule has 0 fully saturated rings. The summed E-state index contributed by atoms with van der Waals surface area (Å²) in [6.07, 6.45) is 4.08. The predicted octanol–water partition coefficient (Wildman–Crippen LogP) is 2.14. The molecule has 3 N–H and O–H groups in total. The summed E-state index contributed by atoms with van der Waals surface area (Å²) in [5.74, 6) is 0.369. The molecule has 0 radical (unpaired) electrons. The Morgan fingerprint density at radius 2 is 1.76 bits per heavy atom. The molecule has 0 saturated carbocycles. The predicted molar refractivity (Wildman–Crippen MR) is 112 cm³/mol. The van der Waals surface area contributed by atoms with Gasteiger partial charge < -0.3 is 5.32 Å². The number of carbonyl (C=O) groups excluding carboxylic acids is 1. The highest BCUT2D eigenvalue weighted by Crippen LogP contribution is 2.18. The van der Waals surface area contributed by atoms with Gasteiger partial charge in [-0.15, -0.1) is 0 Å². The zero-order valence-corrected chi connectivity index (χ0v) is 16.7. The van der Waals surface area contributed by atoms with Crippen molar-refractivity contribution in [2.75, 3.05) is 24.7 Å². The molecule has 1 aromatic carbocycles. The van der Waals surface area contributed by atoms with Crippen LogP contribution in [0.15, 0.2) is 48.7 Å². The van der Waals surface area contributed by atoms with Gasteiger partial charge in [0.05, 0.1) is 18.1 Å². The fraction of sp³-hybridized carbons (Fsp3) is 0.263. The number of unbranched alkanes of at least 4 members (excludes halogenated alkanes) is 1. The molecule has 0 saturated heterocycles. The average molecular weight is 414 g/mol. The van der Waals surface area contributed by atoms with Crippen LogP contribution in [0.3, 0.4) is 0 Å². The Balaban J connectivity index is 1.55. The van der Waals surface area contributed by atoms with Gasteiger partial charge in [0.1, 0.15) is 11.3 Å². The minimum absolute atomic E-state index is 0.344. The second kappa shape index (κ2) is 9.39. The van der Waals surface area contributed by atoms with E-state index in [0.29, 0.717) is 48.6 Å². The van der Waals surface area contributed by atoms with Crippen molar-refractivity contribution in [2.45, 2.75) is 12.8 Å². The molecule has 3 aromatic rings. The Bertz CT molecular complexity index is 1090. The molecular formula is C19H22N6O3S. The number of nitrogens with zero attached hydrogens (tertiary/aromatic N) is 3. The molecule has 3 rings (SSSR count). The number of carbonyl (C=O) groups is 1. The van der Waals surface area contributed by atoms with Gasteiger partial charge in [0.2, 0.25) is 10.0 Å². The second-order valence-electron chi connectivity index (χ2n) is 6.42. The molecule has 2 amide bonds. The van der Waals surface area contributed by atoms with Crippen LogP contribution in [0.4, 0.5) is 10.6 Å². The number of urea groups is 1. The van der Waals surface area contributed by atoms with Gasteiger partial charge in [-0.05, 0) is 25.0 Å². The molecule has 0 unspecified atom stereocenters. The number of aromatic nitrogens is 3. The Kier molecular flexibility index (Phi) is 6.68. The Labute approximate surface area is 169 Å². The van der Waals surface area contributed by atoms with E-state index in [-0.39, 0.29) is 6.03 Å². The number of hydrogen-bond donors (Lipinski definition) is 3. The van der Waals surface area contributed by atoms with Crippen molar-refractivity contribution in [1.82, 2.24) is 25.0 Å². The van der Waals surface area contributed by atoms with Crippen molar-refractivity contribution >= 4 is 33.0 Å². The van der Waals surface area contributed by atoms with E-state index < -0.39 is 10.0 Å². The van der Waals surface area contributed by atoms with E-state index in [1.54, 1.807) is 18.3 Å². The van der Waals surface area contributed by atoms with Gasteiger partial charge in [-0.25, -0.2) is 27.9 Å². The highest BCUT2D eigenvalue weighted by Gasteiger charge is 2.07. The minimum atomic E-state index is -3.18. The number of pyridine rings is 1. The van der Waals surface area contributed by atoms with Gasteiger partial charge >= 0.3 is 6.03 Å². The molecule has 0 bridgehead atoms. The number of sulfonamides is 1. The fourth-order valence-electron chi connectivity index (χ4n) is 2.59. The van der Waals surface area contributed by atoms with E-state index in [2.05, 4.69) is 30.3 Å². The van der Waals surface area contributed by atoms with Crippen LogP contribution in [0.5, 0.6) is 0 Å². The number of benzene rings is 1. The lowest BCUT2D eigenvalue weighted by Gasteiger charge is -2.08. The third-order valence-corrected chi connectivity index (χ3v) is 4.70. The van der Waals surface area contributed by atoms with E-state index in [0.717, 1.165) is 11.8 Å². The summed E-state index contributed by atoms with van der Waals surface area (Å²) in [5, 5.41) is 5.38. The van der Waals surface area contributed by atoms with Crippen LogP contribution >= 0.6 is 0 Å². The quantitative estimate of drug-likeness (QED) is 0.485. The molecule has 0 aliphatic carbocycles. The van der Waals surface area contributed by atoms with Crippen LogP contribution in [-0.4, -0.2) is 48.7 Å². The molecular weight excluding hydrogens is 392 g/mol. The van der Waals surface area contributed by atoms with Crippen LogP contribution in [0.2, 0.25) is 0 Å². The fourth-order valence-corrected chi connectivity index (χ4v) is 3.10. The van der Waals surface area contributed by atoms with Crippen LogP contribution in [0.1, 0.15) is 12.8 Å². The lowest BCUT2D eigenvalue weighted by Crippen LogP contribution is -2.30. The van der Waals surface area contributed by atoms with Gasteiger partial charge in [0, 0.05) is 18.7 Å². The first-order valence-corrected chi connectivity index (χ1v) is 11.0. The second-order valence-corrected chi connectivity index (χ2v) is 8.25. The highest BCUT2D eigenvalue weighted by atomic mass is 32.2. The SMILES string of the molecule is CS(=O)(=O)NCCCCNC(=O)Nc1ccc2ncc(-c3ccccc3)nc2n1. The lowest BCUT2D eigenvalue weighted by atomic mass is 10.2.